The van der Waals surface area contributed by atoms with Crippen molar-refractivity contribution in [3.05, 3.63) is 57.6 Å². The molecule has 26 heavy (non-hydrogen) atoms. The van der Waals surface area contributed by atoms with E-state index in [2.05, 4.69) is 0 Å². The van der Waals surface area contributed by atoms with Crippen LogP contribution in [-0.2, 0) is 16.0 Å². The van der Waals surface area contributed by atoms with Gasteiger partial charge in [-0.2, -0.15) is 0 Å². The normalized spacial score (nSPS) is 9.92. The quantitative estimate of drug-likeness (QED) is 0.619. The van der Waals surface area contributed by atoms with E-state index in [1.807, 2.05) is 0 Å². The molecule has 6 nitrogen and oxygen atoms in total. The Bertz CT molecular complexity index is 731. The van der Waals surface area contributed by atoms with Gasteiger partial charge in [-0.3, -0.25) is 0 Å². The third kappa shape index (κ3) is 7.05. The number of rotatable bonds is 8. The summed E-state index contributed by atoms with van der Waals surface area (Å²) in [6.45, 7) is -0.987. The molecular formula is C17H14Cl2NaO6+. The molecule has 0 saturated carbocycles. The van der Waals surface area contributed by atoms with Crippen LogP contribution in [-0.4, -0.2) is 35.4 Å². The molecule has 0 spiro atoms. The number of carboxylic acid groups (broad SMARTS) is 2. The smallest absolute Gasteiger partial charge is 0.482 e. The van der Waals surface area contributed by atoms with Crippen molar-refractivity contribution in [3.8, 4) is 11.5 Å². The summed E-state index contributed by atoms with van der Waals surface area (Å²) in [6, 6.07) is 9.59. The van der Waals surface area contributed by atoms with Crippen molar-refractivity contribution < 1.29 is 58.8 Å². The van der Waals surface area contributed by atoms with E-state index in [0.29, 0.717) is 32.7 Å². The molecular weight excluding hydrogens is 394 g/mol. The minimum Gasteiger partial charge on any atom is -0.482 e. The van der Waals surface area contributed by atoms with E-state index < -0.39 is 25.2 Å². The molecule has 2 aromatic carbocycles. The average molecular weight is 408 g/mol. The van der Waals surface area contributed by atoms with Crippen LogP contribution < -0.4 is 39.0 Å². The maximum Gasteiger partial charge on any atom is 1.00 e. The van der Waals surface area contributed by atoms with E-state index in [-0.39, 0.29) is 36.0 Å². The molecule has 0 saturated heterocycles. The molecule has 0 aliphatic carbocycles. The zero-order valence-corrected chi connectivity index (χ0v) is 17.4. The number of ether oxygens (including phenoxy) is 2. The number of carboxylic acids is 2. The molecule has 0 atom stereocenters. The van der Waals surface area contributed by atoms with Gasteiger partial charge in [0.2, 0.25) is 0 Å². The molecule has 0 aromatic heterocycles. The van der Waals surface area contributed by atoms with E-state index in [0.717, 1.165) is 0 Å². The SMILES string of the molecule is O=C(O)COc1ccc(Cl)cc1Cc1cc(Cl)ccc1OCC(=O)O.[Na+]. The van der Waals surface area contributed by atoms with Crippen molar-refractivity contribution >= 4 is 35.1 Å². The summed E-state index contributed by atoms with van der Waals surface area (Å²) in [5, 5.41) is 18.4. The maximum absolute atomic E-state index is 10.7. The molecule has 132 valence electrons. The average Bonchev–Trinajstić information content (AvgIpc) is 2.53. The summed E-state index contributed by atoms with van der Waals surface area (Å²) in [5.74, 6) is -1.49. The van der Waals surface area contributed by atoms with Crippen LogP contribution in [0.5, 0.6) is 11.5 Å². The van der Waals surface area contributed by atoms with Crippen LogP contribution in [0, 0.1) is 0 Å². The van der Waals surface area contributed by atoms with Crippen molar-refractivity contribution in [2.45, 2.75) is 6.42 Å². The molecule has 0 amide bonds. The van der Waals surface area contributed by atoms with Gasteiger partial charge in [-0.1, -0.05) is 23.2 Å². The topological polar surface area (TPSA) is 93.1 Å². The predicted octanol–water partition coefficient (Wildman–Crippen LogP) is 0.515. The second-order valence-corrected chi connectivity index (χ2v) is 5.92. The molecule has 2 rings (SSSR count). The number of hydrogen-bond donors (Lipinski definition) is 2. The monoisotopic (exact) mass is 407 g/mol. The Morgan fingerprint density at radius 2 is 1.19 bits per heavy atom. The second kappa shape index (κ2) is 10.6. The van der Waals surface area contributed by atoms with Crippen molar-refractivity contribution in [1.29, 1.82) is 0 Å². The number of benzene rings is 2. The van der Waals surface area contributed by atoms with Crippen molar-refractivity contribution in [2.24, 2.45) is 0 Å². The number of aliphatic carboxylic acids is 2. The van der Waals surface area contributed by atoms with Gasteiger partial charge in [0.05, 0.1) is 0 Å². The third-order valence-corrected chi connectivity index (χ3v) is 3.60. The molecule has 0 radical (unpaired) electrons. The molecule has 9 heteroatoms. The number of halogens is 2. The van der Waals surface area contributed by atoms with E-state index in [4.69, 9.17) is 42.9 Å². The Hall–Kier alpha value is -1.44. The van der Waals surface area contributed by atoms with E-state index in [1.165, 1.54) is 0 Å². The third-order valence-electron chi connectivity index (χ3n) is 3.13. The standard InChI is InChI=1S/C17H14Cl2O6.Na/c18-12-1-3-14(24-8-16(20)21)10(6-12)5-11-7-13(19)2-4-15(11)25-9-17(22)23;/h1-4,6-7H,5,8-9H2,(H,20,21)(H,22,23);/q;+1. The molecule has 2 N–H and O–H groups in total. The van der Waals surface area contributed by atoms with Crippen molar-refractivity contribution in [3.63, 3.8) is 0 Å². The van der Waals surface area contributed by atoms with Crippen LogP contribution in [0.25, 0.3) is 0 Å². The zero-order chi connectivity index (χ0) is 18.4. The predicted molar refractivity (Wildman–Crippen MR) is 92.0 cm³/mol. The zero-order valence-electron chi connectivity index (χ0n) is 13.9. The Morgan fingerprint density at radius 1 is 0.808 bits per heavy atom. The Balaban J connectivity index is 0.00000338. The minimum atomic E-state index is -1.10. The summed E-state index contributed by atoms with van der Waals surface area (Å²) < 4.78 is 10.5. The van der Waals surface area contributed by atoms with Gasteiger partial charge in [0.15, 0.2) is 13.2 Å². The number of hydrogen-bond acceptors (Lipinski definition) is 4. The molecule has 0 bridgehead atoms. The van der Waals surface area contributed by atoms with E-state index in [9.17, 15) is 9.59 Å². The Labute approximate surface area is 181 Å². The summed E-state index contributed by atoms with van der Waals surface area (Å²) in [5.41, 5.74) is 1.24. The van der Waals surface area contributed by atoms with Crippen LogP contribution in [0.3, 0.4) is 0 Å². The maximum atomic E-state index is 10.7. The van der Waals surface area contributed by atoms with Crippen LogP contribution in [0.4, 0.5) is 0 Å². The van der Waals surface area contributed by atoms with Gasteiger partial charge < -0.3 is 19.7 Å². The second-order valence-electron chi connectivity index (χ2n) is 5.05. The van der Waals surface area contributed by atoms with Crippen molar-refractivity contribution in [1.82, 2.24) is 0 Å². The van der Waals surface area contributed by atoms with Crippen LogP contribution in [0.15, 0.2) is 36.4 Å². The number of carbonyl (C=O) groups is 2. The van der Waals surface area contributed by atoms with Gasteiger partial charge in [0, 0.05) is 27.6 Å². The van der Waals surface area contributed by atoms with E-state index in [1.54, 1.807) is 36.4 Å². The van der Waals surface area contributed by atoms with Crippen molar-refractivity contribution in [2.75, 3.05) is 13.2 Å². The first kappa shape index (κ1) is 22.6. The fraction of sp³-hybridized carbons (Fsp3) is 0.176. The molecule has 0 heterocycles. The van der Waals surface area contributed by atoms with Crippen LogP contribution in [0.2, 0.25) is 10.0 Å². The van der Waals surface area contributed by atoms with Gasteiger partial charge in [0.25, 0.3) is 0 Å². The molecule has 0 unspecified atom stereocenters. The van der Waals surface area contributed by atoms with E-state index >= 15 is 0 Å². The summed E-state index contributed by atoms with van der Waals surface area (Å²) in [6.07, 6.45) is 0.269. The first-order valence-electron chi connectivity index (χ1n) is 7.11. The molecule has 0 fully saturated rings. The van der Waals surface area contributed by atoms with Crippen LogP contribution in [0.1, 0.15) is 11.1 Å². The fourth-order valence-electron chi connectivity index (χ4n) is 2.14. The summed E-state index contributed by atoms with van der Waals surface area (Å²) in [4.78, 5) is 21.4. The minimum absolute atomic E-state index is 0. The molecule has 2 aromatic rings. The summed E-state index contributed by atoms with van der Waals surface area (Å²) >= 11 is 12.0. The van der Waals surface area contributed by atoms with Gasteiger partial charge in [-0.25, -0.2) is 9.59 Å². The van der Waals surface area contributed by atoms with Gasteiger partial charge in [-0.05, 0) is 36.4 Å². The Kier molecular flexibility index (Phi) is 9.25. The fourth-order valence-corrected chi connectivity index (χ4v) is 2.53. The molecule has 0 aliphatic heterocycles. The molecule has 0 aliphatic rings. The van der Waals surface area contributed by atoms with Gasteiger partial charge in [-0.15, -0.1) is 0 Å². The first-order chi connectivity index (χ1) is 11.8. The largest absolute Gasteiger partial charge is 1.00 e. The first-order valence-corrected chi connectivity index (χ1v) is 7.87. The Morgan fingerprint density at radius 3 is 1.54 bits per heavy atom. The van der Waals surface area contributed by atoms with Gasteiger partial charge in [0.1, 0.15) is 11.5 Å². The van der Waals surface area contributed by atoms with Crippen LogP contribution >= 0.6 is 23.2 Å². The summed E-state index contributed by atoms with van der Waals surface area (Å²) in [7, 11) is 0. The van der Waals surface area contributed by atoms with Gasteiger partial charge >= 0.3 is 41.5 Å².